The van der Waals surface area contributed by atoms with Gasteiger partial charge in [0.15, 0.2) is 5.75 Å². The van der Waals surface area contributed by atoms with Crippen molar-refractivity contribution >= 4 is 38.9 Å². The number of aromatic hydroxyl groups is 1. The lowest BCUT2D eigenvalue weighted by molar-refractivity contribution is 0.0948. The first kappa shape index (κ1) is 12.9. The molecule has 0 radical (unpaired) electrons. The highest BCUT2D eigenvalue weighted by Gasteiger charge is 2.13. The highest BCUT2D eigenvalue weighted by molar-refractivity contribution is 9.10. The summed E-state index contributed by atoms with van der Waals surface area (Å²) in [5, 5.41) is 14.4. The third-order valence-electron chi connectivity index (χ3n) is 2.41. The molecule has 0 spiro atoms. The Morgan fingerprint density at radius 1 is 1.44 bits per heavy atom. The molecule has 0 aliphatic rings. The highest BCUT2D eigenvalue weighted by Crippen LogP contribution is 2.25. The van der Waals surface area contributed by atoms with E-state index >= 15 is 0 Å². The molecule has 4 nitrogen and oxygen atoms in total. The van der Waals surface area contributed by atoms with Gasteiger partial charge in [0, 0.05) is 9.35 Å². The Morgan fingerprint density at radius 3 is 2.89 bits per heavy atom. The van der Waals surface area contributed by atoms with Gasteiger partial charge in [0.2, 0.25) is 0 Å². The van der Waals surface area contributed by atoms with E-state index in [2.05, 4.69) is 21.2 Å². The number of carbonyl (C=O) groups is 1. The second-order valence-corrected chi connectivity index (χ2v) is 5.47. The maximum absolute atomic E-state index is 11.9. The molecule has 1 aromatic heterocycles. The van der Waals surface area contributed by atoms with Crippen LogP contribution in [0.3, 0.4) is 0 Å². The number of hydrogen-bond donors (Lipinski definition) is 3. The first-order valence-electron chi connectivity index (χ1n) is 5.17. The number of phenolic OH excluding ortho intramolecular Hbond substituents is 1. The molecule has 0 saturated heterocycles. The molecule has 0 aliphatic carbocycles. The molecule has 94 valence electrons. The second-order valence-electron chi connectivity index (χ2n) is 3.62. The topological polar surface area (TPSA) is 75.4 Å². The number of anilines is 1. The van der Waals surface area contributed by atoms with E-state index in [4.69, 9.17) is 5.73 Å². The summed E-state index contributed by atoms with van der Waals surface area (Å²) in [4.78, 5) is 12.9. The molecule has 0 atom stereocenters. The van der Waals surface area contributed by atoms with Gasteiger partial charge in [-0.2, -0.15) is 0 Å². The van der Waals surface area contributed by atoms with Crippen molar-refractivity contribution in [2.24, 2.45) is 0 Å². The van der Waals surface area contributed by atoms with E-state index < -0.39 is 0 Å². The van der Waals surface area contributed by atoms with Gasteiger partial charge in [0.05, 0.1) is 17.8 Å². The minimum Gasteiger partial charge on any atom is -0.505 e. The summed E-state index contributed by atoms with van der Waals surface area (Å²) in [5.41, 5.74) is 5.92. The first-order valence-corrected chi connectivity index (χ1v) is 6.84. The minimum absolute atomic E-state index is 0.180. The van der Waals surface area contributed by atoms with Crippen LogP contribution in [-0.2, 0) is 6.54 Å². The third kappa shape index (κ3) is 2.65. The Balaban J connectivity index is 2.09. The monoisotopic (exact) mass is 326 g/mol. The smallest absolute Gasteiger partial charge is 0.255 e. The lowest BCUT2D eigenvalue weighted by Crippen LogP contribution is -2.22. The van der Waals surface area contributed by atoms with Crippen LogP contribution in [-0.4, -0.2) is 11.0 Å². The van der Waals surface area contributed by atoms with Crippen LogP contribution in [0.1, 0.15) is 15.2 Å². The van der Waals surface area contributed by atoms with Crippen LogP contribution in [0, 0.1) is 0 Å². The standard InChI is InChI=1S/C12H11BrN2O2S/c13-8-4-5-18-10(8)6-15-12(17)7-2-1-3-9(14)11(7)16/h1-5,16H,6,14H2,(H,15,17). The molecule has 6 heteroatoms. The average Bonchev–Trinajstić information content (AvgIpc) is 2.75. The molecule has 1 aromatic carbocycles. The number of rotatable bonds is 3. The first-order chi connectivity index (χ1) is 8.59. The lowest BCUT2D eigenvalue weighted by Gasteiger charge is -2.07. The van der Waals surface area contributed by atoms with Crippen molar-refractivity contribution < 1.29 is 9.90 Å². The number of hydrogen-bond acceptors (Lipinski definition) is 4. The van der Waals surface area contributed by atoms with Crippen molar-refractivity contribution in [1.29, 1.82) is 0 Å². The Bertz CT molecular complexity index is 583. The molecule has 2 aromatic rings. The van der Waals surface area contributed by atoms with Crippen LogP contribution in [0.4, 0.5) is 5.69 Å². The maximum atomic E-state index is 11.9. The number of carbonyl (C=O) groups excluding carboxylic acids is 1. The van der Waals surface area contributed by atoms with Crippen molar-refractivity contribution in [2.75, 3.05) is 5.73 Å². The van der Waals surface area contributed by atoms with E-state index in [0.29, 0.717) is 6.54 Å². The van der Waals surface area contributed by atoms with Gasteiger partial charge in [-0.3, -0.25) is 4.79 Å². The van der Waals surface area contributed by atoms with Gasteiger partial charge < -0.3 is 16.2 Å². The molecule has 4 N–H and O–H groups in total. The number of thiophene rings is 1. The van der Waals surface area contributed by atoms with Crippen molar-refractivity contribution in [3.05, 3.63) is 44.6 Å². The number of nitrogens with two attached hydrogens (primary N) is 1. The van der Waals surface area contributed by atoms with E-state index in [-0.39, 0.29) is 22.9 Å². The maximum Gasteiger partial charge on any atom is 0.255 e. The van der Waals surface area contributed by atoms with Gasteiger partial charge in [-0.25, -0.2) is 0 Å². The van der Waals surface area contributed by atoms with E-state index in [1.54, 1.807) is 23.5 Å². The van der Waals surface area contributed by atoms with Crippen LogP contribution in [0.15, 0.2) is 34.1 Å². The Morgan fingerprint density at radius 2 is 2.22 bits per heavy atom. The van der Waals surface area contributed by atoms with Crippen LogP contribution in [0.25, 0.3) is 0 Å². The molecule has 2 rings (SSSR count). The number of amides is 1. The van der Waals surface area contributed by atoms with Gasteiger partial charge in [-0.15, -0.1) is 11.3 Å². The third-order valence-corrected chi connectivity index (χ3v) is 4.34. The van der Waals surface area contributed by atoms with Crippen molar-refractivity contribution in [2.45, 2.75) is 6.54 Å². The van der Waals surface area contributed by atoms with Gasteiger partial charge >= 0.3 is 0 Å². The normalized spacial score (nSPS) is 10.3. The van der Waals surface area contributed by atoms with Crippen LogP contribution < -0.4 is 11.1 Å². The van der Waals surface area contributed by atoms with Gasteiger partial charge in [0.1, 0.15) is 0 Å². The fraction of sp³-hybridized carbons (Fsp3) is 0.0833. The molecule has 0 saturated carbocycles. The number of nitrogen functional groups attached to an aromatic ring is 1. The molecule has 1 heterocycles. The quantitative estimate of drug-likeness (QED) is 0.599. The molecule has 0 unspecified atom stereocenters. The number of benzene rings is 1. The summed E-state index contributed by atoms with van der Waals surface area (Å²) in [5.74, 6) is -0.527. The van der Waals surface area contributed by atoms with Crippen LogP contribution in [0.5, 0.6) is 5.75 Å². The van der Waals surface area contributed by atoms with E-state index in [9.17, 15) is 9.90 Å². The molecule has 0 bridgehead atoms. The predicted molar refractivity (Wildman–Crippen MR) is 75.7 cm³/mol. The van der Waals surface area contributed by atoms with Crippen molar-refractivity contribution in [3.63, 3.8) is 0 Å². The van der Waals surface area contributed by atoms with Crippen LogP contribution >= 0.6 is 27.3 Å². The zero-order valence-corrected chi connectivity index (χ0v) is 11.7. The van der Waals surface area contributed by atoms with E-state index in [0.717, 1.165) is 9.35 Å². The zero-order valence-electron chi connectivity index (χ0n) is 9.31. The second kappa shape index (κ2) is 5.41. The number of para-hydroxylation sites is 1. The number of phenols is 1. The fourth-order valence-corrected chi connectivity index (χ4v) is 2.88. The van der Waals surface area contributed by atoms with Crippen LogP contribution in [0.2, 0.25) is 0 Å². The lowest BCUT2D eigenvalue weighted by atomic mass is 10.1. The fourth-order valence-electron chi connectivity index (χ4n) is 1.45. The molecule has 18 heavy (non-hydrogen) atoms. The summed E-state index contributed by atoms with van der Waals surface area (Å²) >= 11 is 4.93. The predicted octanol–water partition coefficient (Wildman–Crippen LogP) is 2.73. The average molecular weight is 327 g/mol. The summed E-state index contributed by atoms with van der Waals surface area (Å²) in [6.45, 7) is 0.408. The minimum atomic E-state index is -0.347. The van der Waals surface area contributed by atoms with E-state index in [1.165, 1.54) is 6.07 Å². The summed E-state index contributed by atoms with van der Waals surface area (Å²) in [7, 11) is 0. The Labute approximate surface area is 117 Å². The molecule has 0 aliphatic heterocycles. The van der Waals surface area contributed by atoms with Gasteiger partial charge in [-0.05, 0) is 39.5 Å². The van der Waals surface area contributed by atoms with E-state index in [1.807, 2.05) is 11.4 Å². The molecule has 0 fully saturated rings. The highest BCUT2D eigenvalue weighted by atomic mass is 79.9. The number of halogens is 1. The summed E-state index contributed by atoms with van der Waals surface area (Å²) in [6, 6.07) is 6.63. The Hall–Kier alpha value is -1.53. The summed E-state index contributed by atoms with van der Waals surface area (Å²) < 4.78 is 0.963. The van der Waals surface area contributed by atoms with Crippen molar-refractivity contribution in [1.82, 2.24) is 5.32 Å². The molecule has 1 amide bonds. The number of nitrogens with one attached hydrogen (secondary N) is 1. The summed E-state index contributed by atoms with van der Waals surface area (Å²) in [6.07, 6.45) is 0. The molecular weight excluding hydrogens is 316 g/mol. The SMILES string of the molecule is Nc1cccc(C(=O)NCc2sccc2Br)c1O. The van der Waals surface area contributed by atoms with Gasteiger partial charge in [0.25, 0.3) is 5.91 Å². The molecular formula is C12H11BrN2O2S. The van der Waals surface area contributed by atoms with Gasteiger partial charge in [-0.1, -0.05) is 6.07 Å². The Kier molecular flexibility index (Phi) is 3.88. The largest absolute Gasteiger partial charge is 0.505 e. The van der Waals surface area contributed by atoms with Crippen molar-refractivity contribution in [3.8, 4) is 5.75 Å². The zero-order chi connectivity index (χ0) is 13.1.